The largest absolute Gasteiger partial charge is 0.256 e. The van der Waals surface area contributed by atoms with Crippen molar-refractivity contribution in [2.24, 2.45) is 0 Å². The molecule has 268 valence electrons. The number of rotatable bonds is 5. The molecule has 2 heterocycles. The van der Waals surface area contributed by atoms with Crippen LogP contribution in [0.2, 0.25) is 0 Å². The topological polar surface area (TPSA) is 51.6 Å². The molecule has 0 saturated carbocycles. The van der Waals surface area contributed by atoms with Crippen molar-refractivity contribution < 1.29 is 0 Å². The van der Waals surface area contributed by atoms with Gasteiger partial charge in [0.05, 0.1) is 5.69 Å². The zero-order valence-electron chi connectivity index (χ0n) is 32.0. The van der Waals surface area contributed by atoms with Crippen molar-refractivity contribution >= 4 is 11.1 Å². The van der Waals surface area contributed by atoms with Gasteiger partial charge in [0.25, 0.3) is 0 Å². The van der Waals surface area contributed by atoms with Gasteiger partial charge in [-0.25, -0.2) is 15.0 Å². The highest BCUT2D eigenvalue weighted by Gasteiger charge is 2.36. The van der Waals surface area contributed by atoms with Gasteiger partial charge < -0.3 is 0 Å². The predicted molar refractivity (Wildman–Crippen MR) is 228 cm³/mol. The summed E-state index contributed by atoms with van der Waals surface area (Å²) in [4.78, 5) is 20.2. The molecule has 2 aromatic heterocycles. The van der Waals surface area contributed by atoms with Gasteiger partial charge in [0, 0.05) is 33.9 Å². The van der Waals surface area contributed by atoms with Crippen LogP contribution in [0.25, 0.3) is 67.4 Å². The first kappa shape index (κ1) is 34.5. The summed E-state index contributed by atoms with van der Waals surface area (Å²) in [5.41, 5.74) is 17.9. The zero-order chi connectivity index (χ0) is 37.5. The van der Waals surface area contributed by atoms with Crippen LogP contribution in [0.3, 0.4) is 0 Å². The highest BCUT2D eigenvalue weighted by molar-refractivity contribution is 5.93. The van der Waals surface area contributed by atoms with E-state index in [1.807, 2.05) is 32.2 Å². The molecule has 0 spiro atoms. The minimum atomic E-state index is -0.0700. The summed E-state index contributed by atoms with van der Waals surface area (Å²) in [5.74, 6) is 2.12. The Labute approximate surface area is 324 Å². The Bertz CT molecular complexity index is 2620. The molecule has 55 heavy (non-hydrogen) atoms. The highest BCUT2D eigenvalue weighted by Crippen LogP contribution is 2.49. The second-order valence-electron chi connectivity index (χ2n) is 14.8. The summed E-state index contributed by atoms with van der Waals surface area (Å²) in [7, 11) is 0. The number of benzene rings is 4. The van der Waals surface area contributed by atoms with Crippen LogP contribution in [0.1, 0.15) is 75.0 Å². The molecule has 0 atom stereocenters. The smallest absolute Gasteiger partial charge is 0.164 e. The minimum Gasteiger partial charge on any atom is -0.256 e. The summed E-state index contributed by atoms with van der Waals surface area (Å²) < 4.78 is 0. The van der Waals surface area contributed by atoms with Gasteiger partial charge in [-0.3, -0.25) is 4.98 Å². The molecule has 0 saturated heterocycles. The van der Waals surface area contributed by atoms with Gasteiger partial charge in [0.1, 0.15) is 0 Å². The molecule has 4 nitrogen and oxygen atoms in total. The van der Waals surface area contributed by atoms with Crippen LogP contribution in [0.15, 0.2) is 151 Å². The van der Waals surface area contributed by atoms with Gasteiger partial charge in [-0.1, -0.05) is 149 Å². The van der Waals surface area contributed by atoms with Crippen LogP contribution in [0.5, 0.6) is 0 Å². The number of aromatic nitrogens is 4. The number of hydrogen-bond donors (Lipinski definition) is 0. The molecule has 0 unspecified atom stereocenters. The Kier molecular flexibility index (Phi) is 8.90. The SMILES string of the molecule is CC.CC1(C)C2=C(C=CCC=C2)c2cc(-c3nc(C4=CCCC=C4)nc(-c4cccc5c4-c4cccc(-c6ccc(-c7ccccn7)cc6)c4C5)n3)ccc21. The van der Waals surface area contributed by atoms with Crippen LogP contribution in [0.4, 0.5) is 0 Å². The van der Waals surface area contributed by atoms with Gasteiger partial charge in [0.2, 0.25) is 0 Å². The molecule has 0 radical (unpaired) electrons. The first-order valence-corrected chi connectivity index (χ1v) is 19.7. The highest BCUT2D eigenvalue weighted by atomic mass is 15.0. The van der Waals surface area contributed by atoms with Crippen LogP contribution < -0.4 is 0 Å². The molecule has 0 aliphatic heterocycles. The van der Waals surface area contributed by atoms with E-state index < -0.39 is 0 Å². The van der Waals surface area contributed by atoms with Gasteiger partial charge >= 0.3 is 0 Å². The van der Waals surface area contributed by atoms with Crippen molar-refractivity contribution in [1.82, 2.24) is 19.9 Å². The lowest BCUT2D eigenvalue weighted by Gasteiger charge is -2.23. The molecule has 0 amide bonds. The maximum Gasteiger partial charge on any atom is 0.164 e. The molecule has 4 aliphatic carbocycles. The van der Waals surface area contributed by atoms with Crippen molar-refractivity contribution in [1.29, 1.82) is 0 Å². The Morgan fingerprint density at radius 3 is 2.15 bits per heavy atom. The van der Waals surface area contributed by atoms with E-state index in [-0.39, 0.29) is 5.41 Å². The lowest BCUT2D eigenvalue weighted by Crippen LogP contribution is -2.16. The monoisotopic (exact) mass is 712 g/mol. The maximum absolute atomic E-state index is 5.30. The third kappa shape index (κ3) is 6.03. The molecule has 6 aromatic rings. The molecule has 4 aliphatic rings. The lowest BCUT2D eigenvalue weighted by molar-refractivity contribution is 0.654. The Morgan fingerprint density at radius 2 is 1.33 bits per heavy atom. The van der Waals surface area contributed by atoms with Crippen molar-refractivity contribution in [2.75, 3.05) is 0 Å². The molecular weight excluding hydrogens is 669 g/mol. The Morgan fingerprint density at radius 1 is 0.582 bits per heavy atom. The normalized spacial score (nSPS) is 15.7. The number of hydrogen-bond acceptors (Lipinski definition) is 4. The standard InChI is InChI=1S/C49H38N4.C2H6/c1-49(2)42-20-8-4-7-16-37(42)41-30-35(26-27-43(41)49)47-51-46(33-13-5-3-6-14-33)52-48(53-47)39-19-11-15-34-29-40-36(17-12-18-38(40)45(34)39)31-22-24-32(25-23-31)44-21-9-10-28-50-44;1-2/h5,7-28,30H,3-4,6,29H2,1-2H3;1-2H3. The molecule has 0 fully saturated rings. The van der Waals surface area contributed by atoms with Crippen LogP contribution in [-0.4, -0.2) is 19.9 Å². The van der Waals surface area contributed by atoms with E-state index in [0.717, 1.165) is 59.5 Å². The average Bonchev–Trinajstić information content (AvgIpc) is 3.59. The third-order valence-electron chi connectivity index (χ3n) is 11.3. The van der Waals surface area contributed by atoms with Crippen molar-refractivity contribution in [3.05, 3.63) is 179 Å². The van der Waals surface area contributed by atoms with Gasteiger partial charge in [-0.15, -0.1) is 0 Å². The van der Waals surface area contributed by atoms with Gasteiger partial charge in [0.15, 0.2) is 17.5 Å². The minimum absolute atomic E-state index is 0.0700. The van der Waals surface area contributed by atoms with Gasteiger partial charge in [-0.2, -0.15) is 0 Å². The molecule has 0 N–H and O–H groups in total. The van der Waals surface area contributed by atoms with Crippen LogP contribution in [-0.2, 0) is 11.8 Å². The van der Waals surface area contributed by atoms with E-state index in [9.17, 15) is 0 Å². The van der Waals surface area contributed by atoms with Crippen molar-refractivity contribution in [3.63, 3.8) is 0 Å². The maximum atomic E-state index is 5.30. The summed E-state index contributed by atoms with van der Waals surface area (Å²) in [6.07, 6.45) is 21.4. The number of pyridine rings is 1. The second-order valence-corrected chi connectivity index (χ2v) is 14.8. The lowest BCUT2D eigenvalue weighted by atomic mass is 9.81. The van der Waals surface area contributed by atoms with Crippen molar-refractivity contribution in [3.8, 4) is 56.3 Å². The fourth-order valence-corrected chi connectivity index (χ4v) is 8.62. The fraction of sp³-hybridized carbons (Fsp3) is 0.176. The van der Waals surface area contributed by atoms with E-state index >= 15 is 0 Å². The first-order valence-electron chi connectivity index (χ1n) is 19.7. The third-order valence-corrected chi connectivity index (χ3v) is 11.3. The van der Waals surface area contributed by atoms with Crippen molar-refractivity contribution in [2.45, 2.75) is 58.8 Å². The fourth-order valence-electron chi connectivity index (χ4n) is 8.62. The quantitative estimate of drug-likeness (QED) is 0.178. The van der Waals surface area contributed by atoms with E-state index in [4.69, 9.17) is 15.0 Å². The molecule has 4 heteroatoms. The van der Waals surface area contributed by atoms with E-state index in [0.29, 0.717) is 11.6 Å². The summed E-state index contributed by atoms with van der Waals surface area (Å²) >= 11 is 0. The van der Waals surface area contributed by atoms with Gasteiger partial charge in [-0.05, 0) is 99.5 Å². The van der Waals surface area contributed by atoms with E-state index in [1.54, 1.807) is 0 Å². The van der Waals surface area contributed by atoms with Crippen LogP contribution in [0, 0.1) is 0 Å². The predicted octanol–water partition coefficient (Wildman–Crippen LogP) is 12.8. The first-order chi connectivity index (χ1) is 27.0. The number of fused-ring (bicyclic) bond motifs is 5. The van der Waals surface area contributed by atoms with Crippen LogP contribution >= 0.6 is 0 Å². The summed E-state index contributed by atoms with van der Waals surface area (Å²) in [5, 5.41) is 0. The molecule has 4 aromatic carbocycles. The molecular formula is C51H44N4. The number of allylic oxidation sites excluding steroid dienone is 10. The molecule has 0 bridgehead atoms. The summed E-state index contributed by atoms with van der Waals surface area (Å²) in [6.45, 7) is 8.66. The Balaban J connectivity index is 0.00000195. The van der Waals surface area contributed by atoms with E-state index in [1.165, 1.54) is 55.7 Å². The Hall–Kier alpha value is -6.26. The summed E-state index contributed by atoms with van der Waals surface area (Å²) in [6, 6.07) is 34.9. The average molecular weight is 713 g/mol. The molecule has 10 rings (SSSR count). The second kappa shape index (κ2) is 14.2. The number of nitrogens with zero attached hydrogens (tertiary/aromatic N) is 4. The zero-order valence-corrected chi connectivity index (χ0v) is 32.0. The van der Waals surface area contributed by atoms with E-state index in [2.05, 4.69) is 146 Å².